The highest BCUT2D eigenvalue weighted by molar-refractivity contribution is 5.97. The quantitative estimate of drug-likeness (QED) is 0.0841. The van der Waals surface area contributed by atoms with Crippen LogP contribution in [0.5, 0.6) is 0 Å². The van der Waals surface area contributed by atoms with Crippen molar-refractivity contribution in [3.8, 4) is 22.3 Å². The number of nitrogens with one attached hydrogen (secondary N) is 1. The summed E-state index contributed by atoms with van der Waals surface area (Å²) in [6.45, 7) is 5.38. The summed E-state index contributed by atoms with van der Waals surface area (Å²) in [5.41, 5.74) is 10.8. The second kappa shape index (κ2) is 24.4. The summed E-state index contributed by atoms with van der Waals surface area (Å²) in [6, 6.07) is 28.5. The van der Waals surface area contributed by atoms with Crippen LogP contribution in [0.2, 0.25) is 0 Å². The van der Waals surface area contributed by atoms with Crippen LogP contribution in [0.3, 0.4) is 0 Å². The molecule has 0 saturated heterocycles. The Balaban J connectivity index is 0.00000209. The highest BCUT2D eigenvalue weighted by Gasteiger charge is 2.35. The zero-order valence-electron chi connectivity index (χ0n) is 36.9. The summed E-state index contributed by atoms with van der Waals surface area (Å²) in [6.07, 6.45) is 4.51. The van der Waals surface area contributed by atoms with Crippen molar-refractivity contribution in [2.45, 2.75) is 103 Å². The Morgan fingerprint density at radius 3 is 2.06 bits per heavy atom. The molecule has 12 nitrogen and oxygen atoms in total. The lowest BCUT2D eigenvalue weighted by molar-refractivity contribution is -0.368. The van der Waals surface area contributed by atoms with Gasteiger partial charge in [-0.05, 0) is 84.0 Å². The maximum Gasteiger partial charge on any atom is 0.326 e. The SMILES string of the molecule is CC(=O)[O-].CCCc1ccc(-c2ccc(C(=O)CCCC(=O)CC(CCCC[NH3+])C(=O)N(C)[C@@H]3C(=O)C[C@@H](C)C(=O)N[C@H](C(=O)O)Cc4cccc(c4)-c4cccc3c4)cc2)cc1. The van der Waals surface area contributed by atoms with Gasteiger partial charge in [-0.2, -0.15) is 0 Å². The summed E-state index contributed by atoms with van der Waals surface area (Å²) in [5, 5.41) is 21.4. The summed E-state index contributed by atoms with van der Waals surface area (Å²) < 4.78 is 0. The lowest BCUT2D eigenvalue weighted by Gasteiger charge is -2.32. The topological polar surface area (TPSA) is 206 Å². The third kappa shape index (κ3) is 15.0. The van der Waals surface area contributed by atoms with E-state index in [1.165, 1.54) is 10.5 Å². The zero-order chi connectivity index (χ0) is 46.1. The van der Waals surface area contributed by atoms with Crippen molar-refractivity contribution in [1.29, 1.82) is 0 Å². The molecule has 4 aromatic carbocycles. The number of aliphatic carboxylic acids is 2. The van der Waals surface area contributed by atoms with Crippen LogP contribution in [0.25, 0.3) is 22.3 Å². The number of nitrogens with zero attached hydrogens (tertiary/aromatic N) is 1. The average Bonchev–Trinajstić information content (AvgIpc) is 3.25. The third-order valence-corrected chi connectivity index (χ3v) is 11.3. The second-order valence-corrected chi connectivity index (χ2v) is 16.4. The largest absolute Gasteiger partial charge is 0.550 e. The number of carboxylic acids is 2. The molecule has 1 unspecified atom stereocenters. The molecule has 0 aromatic heterocycles. The van der Waals surface area contributed by atoms with Gasteiger partial charge in [0.05, 0.1) is 6.54 Å². The molecule has 0 fully saturated rings. The Labute approximate surface area is 370 Å². The second-order valence-electron chi connectivity index (χ2n) is 16.4. The number of quaternary nitrogens is 1. The van der Waals surface area contributed by atoms with E-state index in [-0.39, 0.29) is 55.4 Å². The maximum absolute atomic E-state index is 14.4. The first-order valence-corrected chi connectivity index (χ1v) is 21.8. The van der Waals surface area contributed by atoms with E-state index >= 15 is 0 Å². The van der Waals surface area contributed by atoms with Gasteiger partial charge in [0.1, 0.15) is 17.9 Å². The number of benzene rings is 4. The molecule has 1 aliphatic heterocycles. The van der Waals surface area contributed by atoms with Crippen LogP contribution in [-0.2, 0) is 41.6 Å². The first-order valence-electron chi connectivity index (χ1n) is 21.8. The molecule has 4 bridgehead atoms. The summed E-state index contributed by atoms with van der Waals surface area (Å²) >= 11 is 0. The Kier molecular flexibility index (Phi) is 19.1. The van der Waals surface area contributed by atoms with Crippen molar-refractivity contribution in [3.63, 3.8) is 0 Å². The van der Waals surface area contributed by atoms with Crippen LogP contribution in [0.1, 0.15) is 112 Å². The smallest absolute Gasteiger partial charge is 0.326 e. The number of carbonyl (C=O) groups excluding carboxylic acids is 6. The number of amides is 2. The van der Waals surface area contributed by atoms with E-state index in [1.807, 2.05) is 66.7 Å². The van der Waals surface area contributed by atoms with Gasteiger partial charge in [0.15, 0.2) is 11.6 Å². The Morgan fingerprint density at radius 1 is 0.825 bits per heavy atom. The first-order chi connectivity index (χ1) is 30.1. The van der Waals surface area contributed by atoms with Crippen LogP contribution in [0.4, 0.5) is 0 Å². The van der Waals surface area contributed by atoms with Gasteiger partial charge in [-0.3, -0.25) is 24.0 Å². The Bertz CT molecular complexity index is 2210. The fraction of sp³-hybridized carbons (Fsp3) is 0.392. The number of ketones is 3. The average molecular weight is 860 g/mol. The van der Waals surface area contributed by atoms with E-state index in [4.69, 9.17) is 9.90 Å². The molecule has 0 radical (unpaired) electrons. The lowest BCUT2D eigenvalue weighted by Crippen LogP contribution is -2.50. The molecule has 12 heteroatoms. The molecule has 2 amide bonds. The molecular formula is C51H61N3O9. The number of aryl methyl sites for hydroxylation is 1. The molecule has 1 aliphatic rings. The Hall–Kier alpha value is -6.27. The molecular weight excluding hydrogens is 799 g/mol. The van der Waals surface area contributed by atoms with E-state index < -0.39 is 41.8 Å². The first kappa shape index (κ1) is 49.4. The minimum Gasteiger partial charge on any atom is -0.550 e. The van der Waals surface area contributed by atoms with Crippen LogP contribution < -0.4 is 16.2 Å². The molecule has 4 atom stereocenters. The molecule has 4 aromatic rings. The number of carbonyl (C=O) groups is 7. The fourth-order valence-corrected chi connectivity index (χ4v) is 7.91. The van der Waals surface area contributed by atoms with Crippen LogP contribution in [0.15, 0.2) is 97.1 Å². The van der Waals surface area contributed by atoms with Crippen molar-refractivity contribution < 1.29 is 49.5 Å². The van der Waals surface area contributed by atoms with E-state index in [2.05, 4.69) is 42.2 Å². The van der Waals surface area contributed by atoms with Gasteiger partial charge in [-0.25, -0.2) is 4.79 Å². The van der Waals surface area contributed by atoms with Gasteiger partial charge in [0.2, 0.25) is 11.8 Å². The molecule has 334 valence electrons. The van der Waals surface area contributed by atoms with E-state index in [9.17, 15) is 33.9 Å². The number of carboxylic acid groups (broad SMARTS) is 2. The summed E-state index contributed by atoms with van der Waals surface area (Å²) in [4.78, 5) is 91.0. The van der Waals surface area contributed by atoms with E-state index in [0.29, 0.717) is 36.9 Å². The molecule has 5 N–H and O–H groups in total. The normalized spacial score (nSPS) is 16.6. The number of rotatable bonds is 17. The predicted molar refractivity (Wildman–Crippen MR) is 239 cm³/mol. The summed E-state index contributed by atoms with van der Waals surface area (Å²) in [5.74, 6) is -5.31. The van der Waals surface area contributed by atoms with Gasteiger partial charge in [0.25, 0.3) is 0 Å². The lowest BCUT2D eigenvalue weighted by atomic mass is 9.88. The molecule has 0 spiro atoms. The van der Waals surface area contributed by atoms with Gasteiger partial charge < -0.3 is 31.0 Å². The number of hydrogen-bond donors (Lipinski definition) is 3. The van der Waals surface area contributed by atoms with Crippen molar-refractivity contribution in [3.05, 3.63) is 119 Å². The van der Waals surface area contributed by atoms with Crippen LogP contribution in [-0.4, -0.2) is 70.7 Å². The number of Topliss-reactive ketones (excluding diaryl/α,β-unsaturated/α-hetero) is 3. The number of hydrogen-bond acceptors (Lipinski definition) is 8. The van der Waals surface area contributed by atoms with Gasteiger partial charge in [-0.1, -0.05) is 111 Å². The molecule has 1 heterocycles. The maximum atomic E-state index is 14.4. The van der Waals surface area contributed by atoms with Gasteiger partial charge in [-0.15, -0.1) is 0 Å². The molecule has 0 aliphatic carbocycles. The standard InChI is InChI=1S/C49H57N3O7.C2H4O2/c1-4-10-33-18-20-35(21-19-33)36-22-24-37(25-23-36)44(54)17-9-16-42(53)31-41(12-5-6-26-50)48(57)52(3)46-40-15-8-14-39(30-40)38-13-7-11-34(28-38)29-43(49(58)59)51-47(56)32(2)27-45(46)55;1-2(3)4/h7-8,11,13-15,18-25,28,30,32,41,43,46H,4-6,9-10,12,16-17,26-27,29,31,50H2,1-3H3,(H,51,56)(H,58,59);1H3,(H,3,4)/t32-,41?,43+,46+;/m1./s1. The van der Waals surface area contributed by atoms with Gasteiger partial charge in [0, 0.05) is 62.5 Å². The molecule has 0 saturated carbocycles. The van der Waals surface area contributed by atoms with Crippen molar-refractivity contribution in [2.75, 3.05) is 13.6 Å². The third-order valence-electron chi connectivity index (χ3n) is 11.3. The van der Waals surface area contributed by atoms with Crippen molar-refractivity contribution in [2.24, 2.45) is 11.8 Å². The highest BCUT2D eigenvalue weighted by Crippen LogP contribution is 2.32. The predicted octanol–water partition coefficient (Wildman–Crippen LogP) is 5.99. The number of likely N-dealkylation sites (N-methyl/N-ethyl adjacent to an activating group) is 1. The van der Waals surface area contributed by atoms with Crippen LogP contribution in [0, 0.1) is 11.8 Å². The van der Waals surface area contributed by atoms with Crippen molar-refractivity contribution >= 4 is 41.1 Å². The number of fused-ring (bicyclic) bond motifs is 5. The minimum absolute atomic E-state index is 0.0244. The minimum atomic E-state index is -1.19. The van der Waals surface area contributed by atoms with Gasteiger partial charge >= 0.3 is 5.97 Å². The highest BCUT2D eigenvalue weighted by atomic mass is 16.4. The Morgan fingerprint density at radius 2 is 1.44 bits per heavy atom. The molecule has 63 heavy (non-hydrogen) atoms. The number of unbranched alkanes of at least 4 members (excludes halogenated alkanes) is 1. The van der Waals surface area contributed by atoms with E-state index in [0.717, 1.165) is 54.0 Å². The van der Waals surface area contributed by atoms with Crippen molar-refractivity contribution in [1.82, 2.24) is 10.2 Å². The molecule has 5 rings (SSSR count). The van der Waals surface area contributed by atoms with Crippen LogP contribution >= 0.6 is 0 Å². The summed E-state index contributed by atoms with van der Waals surface area (Å²) in [7, 11) is 1.57. The monoisotopic (exact) mass is 859 g/mol. The zero-order valence-corrected chi connectivity index (χ0v) is 36.9. The fourth-order valence-electron chi connectivity index (χ4n) is 7.91. The van der Waals surface area contributed by atoms with E-state index in [1.54, 1.807) is 20.0 Å².